The number of halogens is 1. The Morgan fingerprint density at radius 1 is 0.733 bits per heavy atom. The van der Waals surface area contributed by atoms with Gasteiger partial charge in [0.25, 0.3) is 0 Å². The van der Waals surface area contributed by atoms with Gasteiger partial charge in [-0.15, -0.1) is 24.0 Å². The molecule has 5 heteroatoms. The fourth-order valence-corrected chi connectivity index (χ4v) is 1.03. The summed E-state index contributed by atoms with van der Waals surface area (Å²) in [5.41, 5.74) is 1.83. The number of nitrogens with zero attached hydrogens (tertiary/aromatic N) is 2. The van der Waals surface area contributed by atoms with Crippen LogP contribution in [-0.2, 0) is 19.5 Å². The molecule has 2 aromatic rings. The van der Waals surface area contributed by atoms with E-state index in [4.69, 9.17) is 0 Å². The monoisotopic (exact) mass is 595 g/mol. The molecule has 0 saturated carbocycles. The van der Waals surface area contributed by atoms with E-state index in [2.05, 4.69) is 9.97 Å². The molecule has 0 fully saturated rings. The number of pyridine rings is 2. The van der Waals surface area contributed by atoms with Crippen LogP contribution in [0.1, 0.15) is 0 Å². The van der Waals surface area contributed by atoms with E-state index in [1.807, 2.05) is 36.4 Å². The predicted molar refractivity (Wildman–Crippen MR) is 68.6 cm³/mol. The number of rotatable bonds is 1. The Kier molecular flexibility index (Phi) is 11.6. The van der Waals surface area contributed by atoms with E-state index >= 15 is 0 Å². The van der Waals surface area contributed by atoms with Gasteiger partial charge in [0.05, 0.1) is 11.4 Å². The van der Waals surface area contributed by atoms with Crippen molar-refractivity contribution in [1.82, 2.24) is 9.97 Å². The van der Waals surface area contributed by atoms with Crippen LogP contribution in [0.25, 0.3) is 11.4 Å². The average molecular weight is 594 g/mol. The van der Waals surface area contributed by atoms with Crippen LogP contribution in [0.3, 0.4) is 0 Å². The largest absolute Gasteiger partial charge is 0.255 e. The maximum absolute atomic E-state index is 4.19. The normalized spacial score (nSPS) is 7.73. The van der Waals surface area contributed by atoms with Crippen LogP contribution in [0.5, 0.6) is 0 Å². The van der Waals surface area contributed by atoms with Gasteiger partial charge in [0.15, 0.2) is 0 Å². The molecule has 0 amide bonds. The molecule has 0 unspecified atom stereocenters. The SMILES string of the molecule is I.[Bi].[Ru].c1ccc(-c2ccccn2)nc1. The molecule has 0 bridgehead atoms. The summed E-state index contributed by atoms with van der Waals surface area (Å²) in [6, 6.07) is 11.6. The van der Waals surface area contributed by atoms with Gasteiger partial charge in [0.1, 0.15) is 0 Å². The number of hydrogen-bond donors (Lipinski definition) is 0. The van der Waals surface area contributed by atoms with Crippen LogP contribution < -0.4 is 0 Å². The minimum absolute atomic E-state index is 0. The zero-order chi connectivity index (χ0) is 8.23. The molecule has 0 aliphatic rings. The van der Waals surface area contributed by atoms with Crippen LogP contribution in [-0.4, -0.2) is 36.2 Å². The molecular weight excluding hydrogens is 585 g/mol. The summed E-state index contributed by atoms with van der Waals surface area (Å²) in [5, 5.41) is 0. The zero-order valence-corrected chi connectivity index (χ0v) is 15.3. The molecule has 15 heavy (non-hydrogen) atoms. The number of hydrogen-bond acceptors (Lipinski definition) is 2. The zero-order valence-electron chi connectivity index (χ0n) is 7.72. The summed E-state index contributed by atoms with van der Waals surface area (Å²) in [6.07, 6.45) is 3.54. The molecule has 2 rings (SSSR count). The second-order valence-electron chi connectivity index (χ2n) is 2.43. The third kappa shape index (κ3) is 5.42. The Morgan fingerprint density at radius 2 is 1.13 bits per heavy atom. The summed E-state index contributed by atoms with van der Waals surface area (Å²) < 4.78 is 0. The van der Waals surface area contributed by atoms with E-state index in [9.17, 15) is 0 Å². The summed E-state index contributed by atoms with van der Waals surface area (Å²) in [5.74, 6) is 0. The molecular formula is C10H9BiIN2Ru. The van der Waals surface area contributed by atoms with E-state index < -0.39 is 0 Å². The molecule has 2 nitrogen and oxygen atoms in total. The maximum atomic E-state index is 4.19. The average Bonchev–Trinajstić information content (AvgIpc) is 2.21. The molecule has 3 radical (unpaired) electrons. The third-order valence-electron chi connectivity index (χ3n) is 1.59. The molecule has 0 spiro atoms. The van der Waals surface area contributed by atoms with Crippen molar-refractivity contribution < 1.29 is 19.5 Å². The van der Waals surface area contributed by atoms with Gasteiger partial charge in [-0.25, -0.2) is 0 Å². The Labute approximate surface area is 138 Å². The minimum Gasteiger partial charge on any atom is -0.255 e. The van der Waals surface area contributed by atoms with Crippen molar-refractivity contribution in [2.24, 2.45) is 0 Å². The molecule has 0 aromatic carbocycles. The molecule has 0 aliphatic carbocycles. The quantitative estimate of drug-likeness (QED) is 0.375. The first-order valence-electron chi connectivity index (χ1n) is 3.79. The van der Waals surface area contributed by atoms with E-state index in [0.717, 1.165) is 11.4 Å². The summed E-state index contributed by atoms with van der Waals surface area (Å²) >= 11 is 0. The maximum Gasteiger partial charge on any atom is 0.0886 e. The molecule has 0 saturated heterocycles. The van der Waals surface area contributed by atoms with Crippen molar-refractivity contribution in [3.8, 4) is 11.4 Å². The molecule has 0 N–H and O–H groups in total. The van der Waals surface area contributed by atoms with Gasteiger partial charge in [0, 0.05) is 58.1 Å². The van der Waals surface area contributed by atoms with Crippen LogP contribution in [0.4, 0.5) is 0 Å². The van der Waals surface area contributed by atoms with Gasteiger partial charge in [-0.3, -0.25) is 9.97 Å². The molecule has 0 aliphatic heterocycles. The van der Waals surface area contributed by atoms with Crippen molar-refractivity contribution in [2.75, 3.05) is 0 Å². The van der Waals surface area contributed by atoms with Crippen LogP contribution in [0.2, 0.25) is 0 Å². The summed E-state index contributed by atoms with van der Waals surface area (Å²) in [4.78, 5) is 8.37. The Hall–Kier alpha value is 0.536. The van der Waals surface area contributed by atoms with Crippen molar-refractivity contribution in [3.05, 3.63) is 48.8 Å². The second-order valence-corrected chi connectivity index (χ2v) is 2.43. The van der Waals surface area contributed by atoms with E-state index in [-0.39, 0.29) is 69.7 Å². The van der Waals surface area contributed by atoms with Crippen molar-refractivity contribution in [3.63, 3.8) is 0 Å². The van der Waals surface area contributed by atoms with Crippen LogP contribution >= 0.6 is 24.0 Å². The van der Waals surface area contributed by atoms with Crippen molar-refractivity contribution >= 4 is 50.2 Å². The fourth-order valence-electron chi connectivity index (χ4n) is 1.03. The van der Waals surface area contributed by atoms with Gasteiger partial charge in [0.2, 0.25) is 0 Å². The molecule has 0 atom stereocenters. The third-order valence-corrected chi connectivity index (χ3v) is 1.59. The first-order chi connectivity index (χ1) is 5.97. The predicted octanol–water partition coefficient (Wildman–Crippen LogP) is 2.38. The Morgan fingerprint density at radius 3 is 1.40 bits per heavy atom. The first-order valence-corrected chi connectivity index (χ1v) is 3.79. The van der Waals surface area contributed by atoms with Crippen LogP contribution in [0.15, 0.2) is 48.8 Å². The topological polar surface area (TPSA) is 25.8 Å². The Bertz CT molecular complexity index is 321. The van der Waals surface area contributed by atoms with Gasteiger partial charge in [-0.2, -0.15) is 0 Å². The number of aromatic nitrogens is 2. The molecule has 79 valence electrons. The minimum atomic E-state index is 0. The smallest absolute Gasteiger partial charge is 0.0886 e. The van der Waals surface area contributed by atoms with Crippen molar-refractivity contribution in [2.45, 2.75) is 0 Å². The van der Waals surface area contributed by atoms with Crippen LogP contribution in [0, 0.1) is 0 Å². The van der Waals surface area contributed by atoms with Crippen molar-refractivity contribution in [1.29, 1.82) is 0 Å². The Balaban J connectivity index is 0. The summed E-state index contributed by atoms with van der Waals surface area (Å²) in [6.45, 7) is 0. The van der Waals surface area contributed by atoms with Gasteiger partial charge in [-0.1, -0.05) is 12.1 Å². The van der Waals surface area contributed by atoms with E-state index in [1.165, 1.54) is 0 Å². The van der Waals surface area contributed by atoms with Gasteiger partial charge < -0.3 is 0 Å². The van der Waals surface area contributed by atoms with E-state index in [1.54, 1.807) is 12.4 Å². The van der Waals surface area contributed by atoms with Gasteiger partial charge >= 0.3 is 0 Å². The second kappa shape index (κ2) is 9.74. The first kappa shape index (κ1) is 17.9. The van der Waals surface area contributed by atoms with E-state index in [0.29, 0.717) is 0 Å². The molecule has 2 aromatic heterocycles. The van der Waals surface area contributed by atoms with Gasteiger partial charge in [-0.05, 0) is 24.3 Å². The molecule has 2 heterocycles. The standard InChI is InChI=1S/C10H8N2.Bi.HI.Ru/c1-3-7-11-9(5-1)10-6-2-4-8-12-10;;;/h1-8H;;1H;. The fraction of sp³-hybridized carbons (Fsp3) is 0. The summed E-state index contributed by atoms with van der Waals surface area (Å²) in [7, 11) is 0.